The van der Waals surface area contributed by atoms with E-state index in [-0.39, 0.29) is 5.91 Å². The fourth-order valence-electron chi connectivity index (χ4n) is 3.93. The SMILES string of the molecule is Cc1nc(C2CC2)ncc1C(=O)N1CCCC[C@@H]1CCc1ccccc1. The van der Waals surface area contributed by atoms with E-state index in [9.17, 15) is 4.79 Å². The van der Waals surface area contributed by atoms with Crippen LogP contribution >= 0.6 is 0 Å². The molecule has 2 aromatic rings. The molecule has 1 atom stereocenters. The summed E-state index contributed by atoms with van der Waals surface area (Å²) in [6.45, 7) is 2.80. The molecular weight excluding hydrogens is 322 g/mol. The average Bonchev–Trinajstić information content (AvgIpc) is 3.52. The summed E-state index contributed by atoms with van der Waals surface area (Å²) < 4.78 is 0. The number of aromatic nitrogens is 2. The zero-order valence-corrected chi connectivity index (χ0v) is 15.5. The first kappa shape index (κ1) is 17.2. The number of benzene rings is 1. The van der Waals surface area contributed by atoms with Crippen LogP contribution in [0.4, 0.5) is 0 Å². The Kier molecular flexibility index (Phi) is 5.00. The second kappa shape index (κ2) is 7.56. The first-order valence-electron chi connectivity index (χ1n) is 9.91. The second-order valence-electron chi connectivity index (χ2n) is 7.67. The van der Waals surface area contributed by atoms with Crippen molar-refractivity contribution in [3.8, 4) is 0 Å². The Morgan fingerprint density at radius 3 is 2.69 bits per heavy atom. The van der Waals surface area contributed by atoms with E-state index in [0.29, 0.717) is 17.5 Å². The molecule has 2 fully saturated rings. The zero-order valence-electron chi connectivity index (χ0n) is 15.5. The monoisotopic (exact) mass is 349 g/mol. The summed E-state index contributed by atoms with van der Waals surface area (Å²) in [7, 11) is 0. The first-order chi connectivity index (χ1) is 12.7. The Hall–Kier alpha value is -2.23. The van der Waals surface area contributed by atoms with Crippen LogP contribution in [0.3, 0.4) is 0 Å². The highest BCUT2D eigenvalue weighted by Gasteiger charge is 2.30. The minimum absolute atomic E-state index is 0.114. The summed E-state index contributed by atoms with van der Waals surface area (Å²) in [4.78, 5) is 24.4. The van der Waals surface area contributed by atoms with Crippen molar-refractivity contribution >= 4 is 5.91 Å². The van der Waals surface area contributed by atoms with Crippen LogP contribution in [0.1, 0.15) is 71.9 Å². The lowest BCUT2D eigenvalue weighted by molar-refractivity contribution is 0.0600. The van der Waals surface area contributed by atoms with Crippen LogP contribution in [0.5, 0.6) is 0 Å². The summed E-state index contributed by atoms with van der Waals surface area (Å²) in [6.07, 6.45) is 9.56. The Labute approximate surface area is 155 Å². The summed E-state index contributed by atoms with van der Waals surface area (Å²) >= 11 is 0. The third kappa shape index (κ3) is 3.79. The normalized spacial score (nSPS) is 20.2. The van der Waals surface area contributed by atoms with Gasteiger partial charge in [-0.2, -0.15) is 0 Å². The van der Waals surface area contributed by atoms with Gasteiger partial charge in [0.2, 0.25) is 0 Å². The van der Waals surface area contributed by atoms with Gasteiger partial charge in [-0.15, -0.1) is 0 Å². The van der Waals surface area contributed by atoms with Gasteiger partial charge >= 0.3 is 0 Å². The summed E-state index contributed by atoms with van der Waals surface area (Å²) in [6, 6.07) is 10.9. The maximum absolute atomic E-state index is 13.2. The second-order valence-corrected chi connectivity index (χ2v) is 7.67. The molecule has 0 N–H and O–H groups in total. The molecule has 2 heterocycles. The van der Waals surface area contributed by atoms with Crippen LogP contribution in [-0.4, -0.2) is 33.4 Å². The van der Waals surface area contributed by atoms with E-state index in [1.165, 1.54) is 24.8 Å². The van der Waals surface area contributed by atoms with Crippen LogP contribution in [0.15, 0.2) is 36.5 Å². The lowest BCUT2D eigenvalue weighted by Gasteiger charge is -2.36. The summed E-state index contributed by atoms with van der Waals surface area (Å²) in [5.74, 6) is 1.55. The number of carbonyl (C=O) groups excluding carboxylic acids is 1. The highest BCUT2D eigenvalue weighted by molar-refractivity contribution is 5.95. The van der Waals surface area contributed by atoms with E-state index in [4.69, 9.17) is 0 Å². The van der Waals surface area contributed by atoms with Crippen LogP contribution in [-0.2, 0) is 6.42 Å². The van der Waals surface area contributed by atoms with Gasteiger partial charge in [-0.1, -0.05) is 30.3 Å². The van der Waals surface area contributed by atoms with Crippen LogP contribution in [0, 0.1) is 6.92 Å². The Balaban J connectivity index is 1.47. The number of hydrogen-bond donors (Lipinski definition) is 0. The quantitative estimate of drug-likeness (QED) is 0.809. The molecule has 0 spiro atoms. The third-order valence-corrected chi connectivity index (χ3v) is 5.67. The van der Waals surface area contributed by atoms with E-state index < -0.39 is 0 Å². The van der Waals surface area contributed by atoms with E-state index >= 15 is 0 Å². The van der Waals surface area contributed by atoms with Crippen molar-refractivity contribution in [1.82, 2.24) is 14.9 Å². The number of rotatable bonds is 5. The minimum atomic E-state index is 0.114. The molecule has 2 aliphatic rings. The van der Waals surface area contributed by atoms with Crippen LogP contribution in [0.25, 0.3) is 0 Å². The smallest absolute Gasteiger partial charge is 0.257 e. The van der Waals surface area contributed by atoms with Gasteiger partial charge in [-0.3, -0.25) is 4.79 Å². The number of amides is 1. The molecule has 1 amide bonds. The van der Waals surface area contributed by atoms with Gasteiger partial charge in [-0.05, 0) is 57.4 Å². The van der Waals surface area contributed by atoms with Gasteiger partial charge in [0.25, 0.3) is 5.91 Å². The largest absolute Gasteiger partial charge is 0.336 e. The molecule has 0 bridgehead atoms. The maximum atomic E-state index is 13.2. The van der Waals surface area contributed by atoms with Crippen molar-refractivity contribution in [3.63, 3.8) is 0 Å². The zero-order chi connectivity index (χ0) is 17.9. The molecule has 1 saturated heterocycles. The molecule has 4 heteroatoms. The minimum Gasteiger partial charge on any atom is -0.336 e. The Bertz CT molecular complexity index is 770. The molecule has 4 nitrogen and oxygen atoms in total. The Morgan fingerprint density at radius 2 is 1.96 bits per heavy atom. The highest BCUT2D eigenvalue weighted by atomic mass is 16.2. The fraction of sp³-hybridized carbons (Fsp3) is 0.500. The van der Waals surface area contributed by atoms with Gasteiger partial charge in [0.05, 0.1) is 11.3 Å². The third-order valence-electron chi connectivity index (χ3n) is 5.67. The topological polar surface area (TPSA) is 46.1 Å². The number of likely N-dealkylation sites (tertiary alicyclic amines) is 1. The number of piperidine rings is 1. The fourth-order valence-corrected chi connectivity index (χ4v) is 3.93. The molecule has 0 unspecified atom stereocenters. The highest BCUT2D eigenvalue weighted by Crippen LogP contribution is 2.38. The molecule has 136 valence electrons. The van der Waals surface area contributed by atoms with Gasteiger partial charge in [0.1, 0.15) is 5.82 Å². The number of nitrogens with zero attached hydrogens (tertiary/aromatic N) is 3. The van der Waals surface area contributed by atoms with E-state index in [0.717, 1.165) is 43.7 Å². The molecular formula is C22H27N3O. The van der Waals surface area contributed by atoms with Crippen LogP contribution < -0.4 is 0 Å². The number of carbonyl (C=O) groups is 1. The lowest BCUT2D eigenvalue weighted by Crippen LogP contribution is -2.44. The molecule has 1 aliphatic heterocycles. The van der Waals surface area contributed by atoms with E-state index in [1.807, 2.05) is 13.0 Å². The lowest BCUT2D eigenvalue weighted by atomic mass is 9.95. The molecule has 0 radical (unpaired) electrons. The van der Waals surface area contributed by atoms with Gasteiger partial charge in [-0.25, -0.2) is 9.97 Å². The van der Waals surface area contributed by atoms with Crippen molar-refractivity contribution in [3.05, 3.63) is 59.2 Å². The predicted molar refractivity (Wildman–Crippen MR) is 102 cm³/mol. The number of aryl methyl sites for hydroxylation is 2. The van der Waals surface area contributed by atoms with Gasteiger partial charge < -0.3 is 4.90 Å². The maximum Gasteiger partial charge on any atom is 0.257 e. The van der Waals surface area contributed by atoms with Crippen LogP contribution in [0.2, 0.25) is 0 Å². The molecule has 4 rings (SSSR count). The average molecular weight is 349 g/mol. The van der Waals surface area contributed by atoms with Crippen molar-refractivity contribution in [1.29, 1.82) is 0 Å². The van der Waals surface area contributed by atoms with Crippen molar-refractivity contribution in [2.45, 2.75) is 63.8 Å². The summed E-state index contributed by atoms with van der Waals surface area (Å²) in [5, 5.41) is 0. The van der Waals surface area contributed by atoms with Gasteiger partial charge in [0.15, 0.2) is 0 Å². The predicted octanol–water partition coefficient (Wildman–Crippen LogP) is 4.29. The van der Waals surface area contributed by atoms with Crippen molar-refractivity contribution in [2.75, 3.05) is 6.54 Å². The van der Waals surface area contributed by atoms with E-state index in [2.05, 4.69) is 39.1 Å². The molecule has 1 saturated carbocycles. The standard InChI is InChI=1S/C22H27N3O/c1-16-20(15-23-21(24-16)18-11-12-18)22(26)25-14-6-5-9-19(25)13-10-17-7-3-2-4-8-17/h2-4,7-8,15,18-19H,5-6,9-14H2,1H3/t19-/m1/s1. The Morgan fingerprint density at radius 1 is 1.15 bits per heavy atom. The molecule has 1 aliphatic carbocycles. The van der Waals surface area contributed by atoms with E-state index in [1.54, 1.807) is 6.20 Å². The summed E-state index contributed by atoms with van der Waals surface area (Å²) in [5.41, 5.74) is 2.86. The molecule has 1 aromatic carbocycles. The molecule has 26 heavy (non-hydrogen) atoms. The van der Waals surface area contributed by atoms with Crippen molar-refractivity contribution in [2.24, 2.45) is 0 Å². The van der Waals surface area contributed by atoms with Crippen molar-refractivity contribution < 1.29 is 4.79 Å². The van der Waals surface area contributed by atoms with Gasteiger partial charge in [0, 0.05) is 24.7 Å². The first-order valence-corrected chi connectivity index (χ1v) is 9.91. The number of hydrogen-bond acceptors (Lipinski definition) is 3. The molecule has 1 aromatic heterocycles.